The average Bonchev–Trinajstić information content (AvgIpc) is 3.63. The summed E-state index contributed by atoms with van der Waals surface area (Å²) in [5.74, 6) is 0.610. The summed E-state index contributed by atoms with van der Waals surface area (Å²) in [6.07, 6.45) is 5.64. The van der Waals surface area contributed by atoms with Crippen LogP contribution in [-0.4, -0.2) is 42.1 Å². The van der Waals surface area contributed by atoms with E-state index in [1.807, 2.05) is 6.07 Å². The molecule has 7 rings (SSSR count). The van der Waals surface area contributed by atoms with Crippen LogP contribution in [0.5, 0.6) is 0 Å². The Balaban J connectivity index is 1.41. The Bertz CT molecular complexity index is 1990. The van der Waals surface area contributed by atoms with Crippen LogP contribution in [0.15, 0.2) is 59.8 Å². The normalized spacial score (nSPS) is 16.0. The molecule has 0 radical (unpaired) electrons. The Labute approximate surface area is 251 Å². The minimum atomic E-state index is -4.76. The zero-order chi connectivity index (χ0) is 30.6. The van der Waals surface area contributed by atoms with Gasteiger partial charge in [-0.3, -0.25) is 14.3 Å². The van der Waals surface area contributed by atoms with Gasteiger partial charge in [0.2, 0.25) is 0 Å². The zero-order valence-electron chi connectivity index (χ0n) is 24.2. The van der Waals surface area contributed by atoms with Gasteiger partial charge in [-0.05, 0) is 91.7 Å². The van der Waals surface area contributed by atoms with E-state index in [0.717, 1.165) is 61.5 Å². The van der Waals surface area contributed by atoms with Crippen molar-refractivity contribution >= 4 is 10.9 Å². The average molecular weight is 598 g/mol. The van der Waals surface area contributed by atoms with Crippen molar-refractivity contribution in [1.29, 1.82) is 5.26 Å². The molecule has 1 aliphatic heterocycles. The highest BCUT2D eigenvalue weighted by Gasteiger charge is 2.34. The number of rotatable bonds is 6. The molecule has 224 valence electrons. The standard InChI is InChI=1S/C33H30F3N7O/c1-41-12-9-38-31(41)26-13-20(17-37)5-8-24(26)22-14-28(33(34,35)36)40-29(15-22)43-19-27(21-6-7-21)25-16-23(39-30(25)32(43)44)18-42-10-3-2-4-11-42/h5,8-9,12-16,19,21,39H,2-4,6-7,10-11,18H2,1H3. The number of pyridine rings is 2. The van der Waals surface area contributed by atoms with Crippen molar-refractivity contribution in [3.05, 3.63) is 87.9 Å². The van der Waals surface area contributed by atoms with E-state index in [1.54, 1.807) is 48.4 Å². The predicted molar refractivity (Wildman–Crippen MR) is 160 cm³/mol. The number of nitriles is 1. The first-order valence-corrected chi connectivity index (χ1v) is 14.8. The van der Waals surface area contributed by atoms with E-state index < -0.39 is 17.4 Å². The van der Waals surface area contributed by atoms with Crippen LogP contribution in [0.2, 0.25) is 0 Å². The number of likely N-dealkylation sites (tertiary alicyclic amines) is 1. The number of hydrogen-bond acceptors (Lipinski definition) is 5. The number of hydrogen-bond donors (Lipinski definition) is 1. The van der Waals surface area contributed by atoms with Crippen LogP contribution in [0.4, 0.5) is 13.2 Å². The first-order valence-electron chi connectivity index (χ1n) is 14.8. The highest BCUT2D eigenvalue weighted by molar-refractivity contribution is 5.85. The van der Waals surface area contributed by atoms with Crippen molar-refractivity contribution in [2.75, 3.05) is 13.1 Å². The number of piperidine rings is 1. The van der Waals surface area contributed by atoms with E-state index >= 15 is 0 Å². The van der Waals surface area contributed by atoms with Gasteiger partial charge in [-0.25, -0.2) is 9.97 Å². The summed E-state index contributed by atoms with van der Waals surface area (Å²) in [6.45, 7) is 2.70. The Morgan fingerprint density at radius 3 is 2.55 bits per heavy atom. The summed E-state index contributed by atoms with van der Waals surface area (Å²) < 4.78 is 45.9. The van der Waals surface area contributed by atoms with Crippen LogP contribution >= 0.6 is 0 Å². The Kier molecular flexibility index (Phi) is 6.89. The van der Waals surface area contributed by atoms with Crippen molar-refractivity contribution in [2.24, 2.45) is 7.05 Å². The quantitative estimate of drug-likeness (QED) is 0.240. The van der Waals surface area contributed by atoms with Gasteiger partial charge >= 0.3 is 6.18 Å². The maximum atomic E-state index is 14.3. The van der Waals surface area contributed by atoms with Crippen LogP contribution in [-0.2, 0) is 19.8 Å². The van der Waals surface area contributed by atoms with Gasteiger partial charge in [0, 0.05) is 48.8 Å². The van der Waals surface area contributed by atoms with E-state index in [2.05, 4.69) is 25.9 Å². The van der Waals surface area contributed by atoms with Crippen LogP contribution in [0.1, 0.15) is 60.5 Å². The molecule has 1 saturated heterocycles. The zero-order valence-corrected chi connectivity index (χ0v) is 24.2. The fraction of sp³-hybridized carbons (Fsp3) is 0.333. The molecule has 0 amide bonds. The minimum absolute atomic E-state index is 0.119. The first-order chi connectivity index (χ1) is 21.2. The minimum Gasteiger partial charge on any atom is -0.353 e. The number of aromatic nitrogens is 5. The molecule has 1 saturated carbocycles. The van der Waals surface area contributed by atoms with Crippen LogP contribution in [0, 0.1) is 11.3 Å². The van der Waals surface area contributed by atoms with Gasteiger partial charge in [-0.15, -0.1) is 0 Å². The van der Waals surface area contributed by atoms with E-state index in [9.17, 15) is 23.2 Å². The summed E-state index contributed by atoms with van der Waals surface area (Å²) in [4.78, 5) is 28.0. The number of H-pyrrole nitrogens is 1. The van der Waals surface area contributed by atoms with Crippen LogP contribution in [0.3, 0.4) is 0 Å². The molecule has 11 heteroatoms. The summed E-state index contributed by atoms with van der Waals surface area (Å²) in [6, 6.07) is 11.4. The van der Waals surface area contributed by atoms with Crippen molar-refractivity contribution in [1.82, 2.24) is 29.0 Å². The number of nitrogens with zero attached hydrogens (tertiary/aromatic N) is 6. The predicted octanol–water partition coefficient (Wildman–Crippen LogP) is 6.54. The van der Waals surface area contributed by atoms with Gasteiger partial charge in [-0.1, -0.05) is 12.5 Å². The molecule has 0 bridgehead atoms. The lowest BCUT2D eigenvalue weighted by atomic mass is 9.96. The third-order valence-corrected chi connectivity index (χ3v) is 8.62. The lowest BCUT2D eigenvalue weighted by Crippen LogP contribution is -2.29. The molecule has 8 nitrogen and oxygen atoms in total. The Hall–Kier alpha value is -4.69. The van der Waals surface area contributed by atoms with Crippen molar-refractivity contribution in [2.45, 2.75) is 50.7 Å². The summed E-state index contributed by atoms with van der Waals surface area (Å²) >= 11 is 0. The van der Waals surface area contributed by atoms with Crippen molar-refractivity contribution in [3.8, 4) is 34.4 Å². The number of benzene rings is 1. The monoisotopic (exact) mass is 597 g/mol. The molecule has 2 aliphatic rings. The number of fused-ring (bicyclic) bond motifs is 1. The third kappa shape index (κ3) is 5.19. The summed E-state index contributed by atoms with van der Waals surface area (Å²) in [5.41, 5.74) is 2.18. The second kappa shape index (κ2) is 10.8. The highest BCUT2D eigenvalue weighted by Crippen LogP contribution is 2.43. The molecule has 1 aliphatic carbocycles. The number of imidazole rings is 1. The topological polar surface area (TPSA) is 95.5 Å². The Morgan fingerprint density at radius 1 is 1.07 bits per heavy atom. The summed E-state index contributed by atoms with van der Waals surface area (Å²) in [7, 11) is 1.77. The molecule has 5 heterocycles. The number of alkyl halides is 3. The molecular formula is C33H30F3N7O. The van der Waals surface area contributed by atoms with E-state index in [1.165, 1.54) is 17.1 Å². The van der Waals surface area contributed by atoms with Gasteiger partial charge in [0.1, 0.15) is 22.9 Å². The Morgan fingerprint density at radius 2 is 1.86 bits per heavy atom. The smallest absolute Gasteiger partial charge is 0.353 e. The van der Waals surface area contributed by atoms with Gasteiger partial charge in [0.25, 0.3) is 5.56 Å². The van der Waals surface area contributed by atoms with Gasteiger partial charge in [0.05, 0.1) is 11.6 Å². The second-order valence-electron chi connectivity index (χ2n) is 11.8. The molecule has 1 N–H and O–H groups in total. The molecule has 0 atom stereocenters. The van der Waals surface area contributed by atoms with Crippen LogP contribution in [0.25, 0.3) is 39.2 Å². The maximum absolute atomic E-state index is 14.3. The SMILES string of the molecule is Cn1ccnc1-c1cc(C#N)ccc1-c1cc(-n2cc(C3CC3)c3cc(CN4CCCCC4)[nH]c3c2=O)nc(C(F)(F)F)c1. The fourth-order valence-electron chi connectivity index (χ4n) is 6.24. The van der Waals surface area contributed by atoms with Crippen molar-refractivity contribution in [3.63, 3.8) is 0 Å². The molecule has 5 aromatic rings. The largest absolute Gasteiger partial charge is 0.433 e. The van der Waals surface area contributed by atoms with Gasteiger partial charge in [-0.2, -0.15) is 18.4 Å². The lowest BCUT2D eigenvalue weighted by Gasteiger charge is -2.25. The molecule has 0 unspecified atom stereocenters. The second-order valence-corrected chi connectivity index (χ2v) is 11.8. The number of halogens is 3. The molecule has 4 aromatic heterocycles. The van der Waals surface area contributed by atoms with Gasteiger partial charge < -0.3 is 9.55 Å². The molecule has 2 fully saturated rings. The maximum Gasteiger partial charge on any atom is 0.433 e. The lowest BCUT2D eigenvalue weighted by molar-refractivity contribution is -0.141. The van der Waals surface area contributed by atoms with E-state index in [0.29, 0.717) is 34.6 Å². The highest BCUT2D eigenvalue weighted by atomic mass is 19.4. The van der Waals surface area contributed by atoms with Crippen LogP contribution < -0.4 is 5.56 Å². The fourth-order valence-corrected chi connectivity index (χ4v) is 6.24. The molecular weight excluding hydrogens is 567 g/mol. The first kappa shape index (κ1) is 28.1. The van der Waals surface area contributed by atoms with E-state index in [4.69, 9.17) is 0 Å². The molecule has 44 heavy (non-hydrogen) atoms. The van der Waals surface area contributed by atoms with Gasteiger partial charge in [0.15, 0.2) is 0 Å². The van der Waals surface area contributed by atoms with Crippen molar-refractivity contribution < 1.29 is 13.2 Å². The molecule has 0 spiro atoms. The summed E-state index contributed by atoms with van der Waals surface area (Å²) in [5, 5.41) is 10.4. The number of aromatic amines is 1. The third-order valence-electron chi connectivity index (χ3n) is 8.62. The number of aryl methyl sites for hydroxylation is 1. The van der Waals surface area contributed by atoms with E-state index in [-0.39, 0.29) is 17.3 Å². The number of nitrogens with one attached hydrogen (secondary N) is 1. The molecule has 1 aromatic carbocycles.